The molecule has 3 aromatic rings. The summed E-state index contributed by atoms with van der Waals surface area (Å²) >= 11 is 0. The number of ether oxygens (including phenoxy) is 2. The largest absolute Gasteiger partial charge is 0.497 e. The van der Waals surface area contributed by atoms with Gasteiger partial charge in [0.15, 0.2) is 0 Å². The smallest absolute Gasteiger partial charge is 0.255 e. The monoisotopic (exact) mass is 430 g/mol. The molecule has 0 saturated heterocycles. The van der Waals surface area contributed by atoms with Gasteiger partial charge in [0.2, 0.25) is 5.91 Å². The molecule has 1 aliphatic heterocycles. The zero-order valence-electron chi connectivity index (χ0n) is 18.2. The van der Waals surface area contributed by atoms with E-state index in [0.29, 0.717) is 23.6 Å². The molecule has 6 nitrogen and oxygen atoms in total. The summed E-state index contributed by atoms with van der Waals surface area (Å²) in [6.07, 6.45) is 0.721. The summed E-state index contributed by atoms with van der Waals surface area (Å²) in [7, 11) is 3.17. The summed E-state index contributed by atoms with van der Waals surface area (Å²) in [6.45, 7) is 0.719. The minimum absolute atomic E-state index is 0.173. The van der Waals surface area contributed by atoms with Crippen LogP contribution in [0.3, 0.4) is 0 Å². The summed E-state index contributed by atoms with van der Waals surface area (Å²) in [6, 6.07) is 22.0. The number of carbonyl (C=O) groups is 2. The van der Waals surface area contributed by atoms with Gasteiger partial charge < -0.3 is 19.7 Å². The summed E-state index contributed by atoms with van der Waals surface area (Å²) in [4.78, 5) is 28.1. The Labute approximate surface area is 187 Å². The average Bonchev–Trinajstić information content (AvgIpc) is 3.11. The quantitative estimate of drug-likeness (QED) is 0.591. The van der Waals surface area contributed by atoms with E-state index in [1.165, 1.54) is 0 Å². The topological polar surface area (TPSA) is 67.9 Å². The van der Waals surface area contributed by atoms with Gasteiger partial charge in [0, 0.05) is 17.7 Å². The highest BCUT2D eigenvalue weighted by Gasteiger charge is 2.41. The van der Waals surface area contributed by atoms with Crippen LogP contribution in [-0.2, 0) is 17.8 Å². The molecule has 2 amide bonds. The molecule has 1 aliphatic rings. The number of benzene rings is 3. The van der Waals surface area contributed by atoms with Gasteiger partial charge in [0.05, 0.1) is 20.8 Å². The highest BCUT2D eigenvalue weighted by molar-refractivity contribution is 6.04. The first-order valence-electron chi connectivity index (χ1n) is 10.5. The van der Waals surface area contributed by atoms with Crippen LogP contribution in [0.15, 0.2) is 72.8 Å². The maximum Gasteiger partial charge on any atom is 0.255 e. The van der Waals surface area contributed by atoms with Crippen molar-refractivity contribution < 1.29 is 19.1 Å². The van der Waals surface area contributed by atoms with Crippen molar-refractivity contribution in [1.82, 2.24) is 10.2 Å². The van der Waals surface area contributed by atoms with Crippen molar-refractivity contribution >= 4 is 11.8 Å². The van der Waals surface area contributed by atoms with Crippen LogP contribution in [0.1, 0.15) is 33.1 Å². The molecule has 0 bridgehead atoms. The van der Waals surface area contributed by atoms with Crippen molar-refractivity contribution in [2.75, 3.05) is 20.8 Å². The van der Waals surface area contributed by atoms with Crippen LogP contribution in [0.25, 0.3) is 0 Å². The number of fused-ring (bicyclic) bond motifs is 1. The Hall–Kier alpha value is -3.80. The van der Waals surface area contributed by atoms with Crippen LogP contribution in [0, 0.1) is 0 Å². The summed E-state index contributed by atoms with van der Waals surface area (Å²) < 4.78 is 10.8. The predicted molar refractivity (Wildman–Crippen MR) is 122 cm³/mol. The van der Waals surface area contributed by atoms with Gasteiger partial charge in [-0.2, -0.15) is 0 Å². The van der Waals surface area contributed by atoms with E-state index in [1.807, 2.05) is 54.6 Å². The maximum absolute atomic E-state index is 13.3. The van der Waals surface area contributed by atoms with E-state index in [4.69, 9.17) is 9.47 Å². The molecule has 164 valence electrons. The standard InChI is InChI=1S/C26H26N2O4/c1-31-20-12-13-23(32-2)19(16-20)17-28-24(21-10-6-7-11-22(21)26(28)30)25(29)27-15-14-18-8-4-3-5-9-18/h3-13,16,24H,14-15,17H2,1-2H3,(H,27,29)/t24-/m1/s1. The number of amides is 2. The molecule has 1 N–H and O–H groups in total. The number of hydrogen-bond donors (Lipinski definition) is 1. The number of rotatable bonds is 8. The lowest BCUT2D eigenvalue weighted by Crippen LogP contribution is -2.39. The first kappa shape index (κ1) is 21.4. The van der Waals surface area contributed by atoms with Gasteiger partial charge >= 0.3 is 0 Å². The molecule has 3 aromatic carbocycles. The molecule has 0 radical (unpaired) electrons. The SMILES string of the molecule is COc1ccc(OC)c(CN2C(=O)c3ccccc3[C@@H]2C(=O)NCCc2ccccc2)c1. The lowest BCUT2D eigenvalue weighted by Gasteiger charge is -2.25. The molecule has 0 spiro atoms. The Morgan fingerprint density at radius 2 is 1.72 bits per heavy atom. The number of nitrogens with one attached hydrogen (secondary N) is 1. The fourth-order valence-corrected chi connectivity index (χ4v) is 4.08. The molecule has 4 rings (SSSR count). The molecule has 0 saturated carbocycles. The van der Waals surface area contributed by atoms with Crippen molar-refractivity contribution in [3.05, 3.63) is 95.1 Å². The predicted octanol–water partition coefficient (Wildman–Crippen LogP) is 3.76. The number of hydrogen-bond acceptors (Lipinski definition) is 4. The highest BCUT2D eigenvalue weighted by atomic mass is 16.5. The number of methoxy groups -OCH3 is 2. The number of carbonyl (C=O) groups excluding carboxylic acids is 2. The van der Waals surface area contributed by atoms with Gasteiger partial charge in [-0.3, -0.25) is 9.59 Å². The second-order valence-electron chi connectivity index (χ2n) is 7.63. The Kier molecular flexibility index (Phi) is 6.40. The molecular formula is C26H26N2O4. The van der Waals surface area contributed by atoms with E-state index in [-0.39, 0.29) is 18.4 Å². The van der Waals surface area contributed by atoms with Crippen molar-refractivity contribution in [1.29, 1.82) is 0 Å². The van der Waals surface area contributed by atoms with Gasteiger partial charge in [-0.1, -0.05) is 48.5 Å². The maximum atomic E-state index is 13.3. The van der Waals surface area contributed by atoms with Gasteiger partial charge in [0.1, 0.15) is 17.5 Å². The van der Waals surface area contributed by atoms with Gasteiger partial charge in [-0.15, -0.1) is 0 Å². The van der Waals surface area contributed by atoms with E-state index in [1.54, 1.807) is 37.3 Å². The molecule has 6 heteroatoms. The van der Waals surface area contributed by atoms with Gasteiger partial charge in [-0.05, 0) is 41.8 Å². The Bertz CT molecular complexity index is 1110. The molecule has 32 heavy (non-hydrogen) atoms. The lowest BCUT2D eigenvalue weighted by molar-refractivity contribution is -0.125. The van der Waals surface area contributed by atoms with Gasteiger partial charge in [0.25, 0.3) is 5.91 Å². The normalized spacial score (nSPS) is 14.8. The first-order valence-corrected chi connectivity index (χ1v) is 10.5. The fourth-order valence-electron chi connectivity index (χ4n) is 4.08. The van der Waals surface area contributed by atoms with Crippen molar-refractivity contribution in [3.8, 4) is 11.5 Å². The first-order chi connectivity index (χ1) is 15.6. The minimum Gasteiger partial charge on any atom is -0.497 e. The molecule has 1 heterocycles. The molecule has 0 unspecified atom stereocenters. The minimum atomic E-state index is -0.703. The number of nitrogens with zero attached hydrogens (tertiary/aromatic N) is 1. The Morgan fingerprint density at radius 1 is 0.969 bits per heavy atom. The third-order valence-corrected chi connectivity index (χ3v) is 5.69. The molecule has 1 atom stereocenters. The van der Waals surface area contributed by atoms with E-state index < -0.39 is 6.04 Å². The van der Waals surface area contributed by atoms with Crippen LogP contribution in [0.2, 0.25) is 0 Å². The second kappa shape index (κ2) is 9.56. The van der Waals surface area contributed by atoms with Crippen molar-refractivity contribution in [2.24, 2.45) is 0 Å². The van der Waals surface area contributed by atoms with E-state index in [0.717, 1.165) is 23.1 Å². The third kappa shape index (κ3) is 4.30. The highest BCUT2D eigenvalue weighted by Crippen LogP contribution is 2.37. The van der Waals surface area contributed by atoms with Crippen molar-refractivity contribution in [3.63, 3.8) is 0 Å². The van der Waals surface area contributed by atoms with E-state index >= 15 is 0 Å². The second-order valence-corrected chi connectivity index (χ2v) is 7.63. The summed E-state index contributed by atoms with van der Waals surface area (Å²) in [5.41, 5.74) is 3.19. The average molecular weight is 431 g/mol. The molecule has 0 aliphatic carbocycles. The third-order valence-electron chi connectivity index (χ3n) is 5.69. The van der Waals surface area contributed by atoms with Crippen LogP contribution >= 0.6 is 0 Å². The van der Waals surface area contributed by atoms with Crippen LogP contribution < -0.4 is 14.8 Å². The Morgan fingerprint density at radius 3 is 2.47 bits per heavy atom. The van der Waals surface area contributed by atoms with E-state index in [2.05, 4.69) is 5.32 Å². The summed E-state index contributed by atoms with van der Waals surface area (Å²) in [5, 5.41) is 3.01. The summed E-state index contributed by atoms with van der Waals surface area (Å²) in [5.74, 6) is 0.932. The van der Waals surface area contributed by atoms with Crippen LogP contribution in [0.5, 0.6) is 11.5 Å². The Balaban J connectivity index is 1.58. The van der Waals surface area contributed by atoms with Gasteiger partial charge in [-0.25, -0.2) is 0 Å². The van der Waals surface area contributed by atoms with Crippen LogP contribution in [0.4, 0.5) is 0 Å². The van der Waals surface area contributed by atoms with Crippen LogP contribution in [-0.4, -0.2) is 37.5 Å². The van der Waals surface area contributed by atoms with Crippen molar-refractivity contribution in [2.45, 2.75) is 19.0 Å². The molecular weight excluding hydrogens is 404 g/mol. The fraction of sp³-hybridized carbons (Fsp3) is 0.231. The zero-order chi connectivity index (χ0) is 22.5. The van der Waals surface area contributed by atoms with E-state index in [9.17, 15) is 9.59 Å². The zero-order valence-corrected chi connectivity index (χ0v) is 18.2. The lowest BCUT2D eigenvalue weighted by atomic mass is 10.0. The molecule has 0 fully saturated rings. The molecule has 0 aromatic heterocycles.